The summed E-state index contributed by atoms with van der Waals surface area (Å²) in [5.41, 5.74) is 2.97. The third-order valence-electron chi connectivity index (χ3n) is 4.02. The molecule has 4 nitrogen and oxygen atoms in total. The maximum absolute atomic E-state index is 11.9. The van der Waals surface area contributed by atoms with Gasteiger partial charge in [-0.05, 0) is 48.2 Å². The van der Waals surface area contributed by atoms with E-state index in [1.54, 1.807) is 24.5 Å². The predicted molar refractivity (Wildman–Crippen MR) is 102 cm³/mol. The van der Waals surface area contributed by atoms with Crippen LogP contribution in [0.4, 0.5) is 0 Å². The van der Waals surface area contributed by atoms with Crippen LogP contribution in [0.25, 0.3) is 0 Å². The van der Waals surface area contributed by atoms with E-state index in [1.807, 2.05) is 42.5 Å². The van der Waals surface area contributed by atoms with Crippen molar-refractivity contribution in [2.75, 3.05) is 6.54 Å². The van der Waals surface area contributed by atoms with Crippen molar-refractivity contribution in [2.45, 2.75) is 19.4 Å². The van der Waals surface area contributed by atoms with E-state index in [4.69, 9.17) is 4.74 Å². The minimum Gasteiger partial charge on any atom is -0.489 e. The molecule has 0 aliphatic heterocycles. The van der Waals surface area contributed by atoms with Gasteiger partial charge < -0.3 is 10.1 Å². The van der Waals surface area contributed by atoms with Gasteiger partial charge in [0.25, 0.3) is 5.91 Å². The number of pyridine rings is 1. The van der Waals surface area contributed by atoms with Crippen LogP contribution in [0.1, 0.15) is 27.9 Å². The molecule has 1 amide bonds. The monoisotopic (exact) mass is 346 g/mol. The number of hydrogen-bond donors (Lipinski definition) is 1. The summed E-state index contributed by atoms with van der Waals surface area (Å²) in [5, 5.41) is 2.92. The first kappa shape index (κ1) is 17.7. The lowest BCUT2D eigenvalue weighted by Crippen LogP contribution is -2.24. The second kappa shape index (κ2) is 9.37. The molecular formula is C22H22N2O2. The highest BCUT2D eigenvalue weighted by molar-refractivity contribution is 5.93. The first-order chi connectivity index (χ1) is 12.8. The zero-order valence-corrected chi connectivity index (χ0v) is 14.6. The molecule has 4 heteroatoms. The van der Waals surface area contributed by atoms with Gasteiger partial charge in [0.05, 0.1) is 5.56 Å². The van der Waals surface area contributed by atoms with E-state index in [2.05, 4.69) is 22.4 Å². The number of benzene rings is 2. The number of amides is 1. The van der Waals surface area contributed by atoms with Crippen LogP contribution < -0.4 is 10.1 Å². The highest BCUT2D eigenvalue weighted by Gasteiger charge is 2.04. The van der Waals surface area contributed by atoms with Gasteiger partial charge in [0, 0.05) is 18.9 Å². The van der Waals surface area contributed by atoms with Gasteiger partial charge in [-0.1, -0.05) is 42.5 Å². The minimum atomic E-state index is -0.0808. The van der Waals surface area contributed by atoms with Crippen molar-refractivity contribution in [3.8, 4) is 5.75 Å². The van der Waals surface area contributed by atoms with Crippen LogP contribution in [-0.2, 0) is 13.0 Å². The Kier molecular flexibility index (Phi) is 6.37. The van der Waals surface area contributed by atoms with E-state index in [0.717, 1.165) is 24.2 Å². The van der Waals surface area contributed by atoms with Crippen molar-refractivity contribution < 1.29 is 9.53 Å². The standard InChI is InChI=1S/C22H22N2O2/c25-22(20-9-5-14-23-16-20)24-15-4-8-18-10-12-21(13-11-18)26-17-19-6-2-1-3-7-19/h1-3,5-7,9-14,16H,4,8,15,17H2,(H,24,25). The molecule has 0 saturated heterocycles. The summed E-state index contributed by atoms with van der Waals surface area (Å²) >= 11 is 0. The van der Waals surface area contributed by atoms with Crippen LogP contribution in [0, 0.1) is 0 Å². The molecule has 26 heavy (non-hydrogen) atoms. The number of aromatic nitrogens is 1. The lowest BCUT2D eigenvalue weighted by Gasteiger charge is -2.08. The van der Waals surface area contributed by atoms with Crippen LogP contribution in [-0.4, -0.2) is 17.4 Å². The Balaban J connectivity index is 1.38. The maximum Gasteiger partial charge on any atom is 0.252 e. The summed E-state index contributed by atoms with van der Waals surface area (Å²) in [7, 11) is 0. The summed E-state index contributed by atoms with van der Waals surface area (Å²) in [6.45, 7) is 1.21. The third kappa shape index (κ3) is 5.45. The molecule has 0 saturated carbocycles. The largest absolute Gasteiger partial charge is 0.489 e. The van der Waals surface area contributed by atoms with E-state index in [-0.39, 0.29) is 5.91 Å². The molecule has 3 rings (SSSR count). The Labute approximate surface area is 153 Å². The Hall–Kier alpha value is -3.14. The van der Waals surface area contributed by atoms with Gasteiger partial charge >= 0.3 is 0 Å². The van der Waals surface area contributed by atoms with Gasteiger partial charge in [-0.2, -0.15) is 0 Å². The van der Waals surface area contributed by atoms with Crippen LogP contribution in [0.2, 0.25) is 0 Å². The van der Waals surface area contributed by atoms with Gasteiger partial charge in [0.15, 0.2) is 0 Å². The Morgan fingerprint density at radius 1 is 0.923 bits per heavy atom. The number of nitrogens with zero attached hydrogens (tertiary/aromatic N) is 1. The van der Waals surface area contributed by atoms with Crippen LogP contribution in [0.15, 0.2) is 79.1 Å². The first-order valence-corrected chi connectivity index (χ1v) is 8.75. The fourth-order valence-corrected chi connectivity index (χ4v) is 2.59. The fourth-order valence-electron chi connectivity index (χ4n) is 2.59. The van der Waals surface area contributed by atoms with Crippen molar-refractivity contribution in [3.05, 3.63) is 95.8 Å². The SMILES string of the molecule is O=C(NCCCc1ccc(OCc2ccccc2)cc1)c1cccnc1. The zero-order chi connectivity index (χ0) is 18.0. The number of aryl methyl sites for hydroxylation is 1. The molecule has 132 valence electrons. The predicted octanol–water partition coefficient (Wildman–Crippen LogP) is 4.02. The molecule has 3 aromatic rings. The lowest BCUT2D eigenvalue weighted by atomic mass is 10.1. The molecule has 0 atom stereocenters. The topological polar surface area (TPSA) is 51.2 Å². The van der Waals surface area contributed by atoms with Crippen molar-refractivity contribution >= 4 is 5.91 Å². The molecule has 0 unspecified atom stereocenters. The molecule has 1 N–H and O–H groups in total. The average Bonchev–Trinajstić information content (AvgIpc) is 2.72. The zero-order valence-electron chi connectivity index (χ0n) is 14.6. The van der Waals surface area contributed by atoms with Crippen LogP contribution >= 0.6 is 0 Å². The molecule has 2 aromatic carbocycles. The van der Waals surface area contributed by atoms with E-state index in [1.165, 1.54) is 5.56 Å². The number of rotatable bonds is 8. The molecule has 1 heterocycles. The van der Waals surface area contributed by atoms with Gasteiger partial charge in [0.2, 0.25) is 0 Å². The first-order valence-electron chi connectivity index (χ1n) is 8.75. The van der Waals surface area contributed by atoms with Crippen molar-refractivity contribution in [1.29, 1.82) is 0 Å². The summed E-state index contributed by atoms with van der Waals surface area (Å²) in [6.07, 6.45) is 5.02. The molecular weight excluding hydrogens is 324 g/mol. The quantitative estimate of drug-likeness (QED) is 0.627. The van der Waals surface area contributed by atoms with E-state index in [9.17, 15) is 4.79 Å². The summed E-state index contributed by atoms with van der Waals surface area (Å²) in [6, 6.07) is 21.8. The molecule has 0 bridgehead atoms. The average molecular weight is 346 g/mol. The van der Waals surface area contributed by atoms with E-state index >= 15 is 0 Å². The number of ether oxygens (including phenoxy) is 1. The lowest BCUT2D eigenvalue weighted by molar-refractivity contribution is 0.0953. The van der Waals surface area contributed by atoms with Gasteiger partial charge in [-0.3, -0.25) is 9.78 Å². The molecule has 0 fully saturated rings. The highest BCUT2D eigenvalue weighted by Crippen LogP contribution is 2.15. The van der Waals surface area contributed by atoms with Crippen LogP contribution in [0.5, 0.6) is 5.75 Å². The number of carbonyl (C=O) groups excluding carboxylic acids is 1. The fraction of sp³-hybridized carbons (Fsp3) is 0.182. The van der Waals surface area contributed by atoms with Gasteiger partial charge in [-0.15, -0.1) is 0 Å². The normalized spacial score (nSPS) is 10.3. The molecule has 1 aromatic heterocycles. The molecule has 0 aliphatic carbocycles. The Morgan fingerprint density at radius 3 is 2.46 bits per heavy atom. The van der Waals surface area contributed by atoms with Crippen LogP contribution in [0.3, 0.4) is 0 Å². The minimum absolute atomic E-state index is 0.0808. The number of nitrogens with one attached hydrogen (secondary N) is 1. The number of carbonyl (C=O) groups is 1. The smallest absolute Gasteiger partial charge is 0.252 e. The highest BCUT2D eigenvalue weighted by atomic mass is 16.5. The van der Waals surface area contributed by atoms with Crippen molar-refractivity contribution in [3.63, 3.8) is 0 Å². The summed E-state index contributed by atoms with van der Waals surface area (Å²) in [4.78, 5) is 15.9. The number of hydrogen-bond acceptors (Lipinski definition) is 3. The maximum atomic E-state index is 11.9. The summed E-state index contributed by atoms with van der Waals surface area (Å²) < 4.78 is 5.79. The molecule has 0 spiro atoms. The van der Waals surface area contributed by atoms with Gasteiger partial charge in [-0.25, -0.2) is 0 Å². The van der Waals surface area contributed by atoms with Crippen molar-refractivity contribution in [1.82, 2.24) is 10.3 Å². The third-order valence-corrected chi connectivity index (χ3v) is 4.02. The second-order valence-electron chi connectivity index (χ2n) is 6.02. The van der Waals surface area contributed by atoms with E-state index in [0.29, 0.717) is 18.7 Å². The Morgan fingerprint density at radius 2 is 1.73 bits per heavy atom. The molecule has 0 aliphatic rings. The Bertz CT molecular complexity index is 803. The van der Waals surface area contributed by atoms with Gasteiger partial charge in [0.1, 0.15) is 12.4 Å². The molecule has 0 radical (unpaired) electrons. The van der Waals surface area contributed by atoms with Crippen molar-refractivity contribution in [2.24, 2.45) is 0 Å². The second-order valence-corrected chi connectivity index (χ2v) is 6.02. The van der Waals surface area contributed by atoms with E-state index < -0.39 is 0 Å². The summed E-state index contributed by atoms with van der Waals surface area (Å²) in [5.74, 6) is 0.783.